The fourth-order valence-corrected chi connectivity index (χ4v) is 4.70. The van der Waals surface area contributed by atoms with Gasteiger partial charge < -0.3 is 10.1 Å². The van der Waals surface area contributed by atoms with Crippen LogP contribution in [0.2, 0.25) is 10.0 Å². The molecule has 1 saturated heterocycles. The van der Waals surface area contributed by atoms with E-state index in [2.05, 4.69) is 5.32 Å². The quantitative estimate of drug-likeness (QED) is 0.762. The molecule has 1 aliphatic heterocycles. The van der Waals surface area contributed by atoms with Crippen LogP contribution in [-0.4, -0.2) is 50.3 Å². The van der Waals surface area contributed by atoms with E-state index in [0.29, 0.717) is 5.02 Å². The third-order valence-corrected chi connectivity index (χ3v) is 6.05. The van der Waals surface area contributed by atoms with Crippen LogP contribution in [0.15, 0.2) is 23.1 Å². The van der Waals surface area contributed by atoms with Gasteiger partial charge in [-0.15, -0.1) is 0 Å². The predicted molar refractivity (Wildman–Crippen MR) is 88.4 cm³/mol. The van der Waals surface area contributed by atoms with Crippen LogP contribution in [0.4, 0.5) is 0 Å². The van der Waals surface area contributed by atoms with Crippen LogP contribution < -0.4 is 5.32 Å². The average molecular weight is 395 g/mol. The van der Waals surface area contributed by atoms with Crippen molar-refractivity contribution in [2.75, 3.05) is 19.7 Å². The van der Waals surface area contributed by atoms with Crippen molar-refractivity contribution in [1.29, 1.82) is 0 Å². The standard InChI is InChI=1S/C14H16Cl2N2O5S/c1-2-23-13(19)8-11-14(20)17-5-6-18(11)24(21,22)12-4-3-9(15)7-10(12)16/h3-4,7,11H,2,5-6,8H2,1H3,(H,17,20)/t11-/m1/s1. The first-order valence-electron chi connectivity index (χ1n) is 7.17. The van der Waals surface area contributed by atoms with Gasteiger partial charge in [0.15, 0.2) is 0 Å². The Labute approximate surface area is 149 Å². The summed E-state index contributed by atoms with van der Waals surface area (Å²) in [6.07, 6.45) is -0.371. The second-order valence-corrected chi connectivity index (χ2v) is 7.71. The second-order valence-electron chi connectivity index (χ2n) is 5.01. The summed E-state index contributed by atoms with van der Waals surface area (Å²) in [6.45, 7) is 1.93. The van der Waals surface area contributed by atoms with Gasteiger partial charge in [0, 0.05) is 18.1 Å². The van der Waals surface area contributed by atoms with Gasteiger partial charge in [-0.2, -0.15) is 4.31 Å². The number of ether oxygens (including phenoxy) is 1. The number of amides is 1. The molecule has 1 fully saturated rings. The Kier molecular flexibility index (Phi) is 6.08. The highest BCUT2D eigenvalue weighted by atomic mass is 35.5. The average Bonchev–Trinajstić information content (AvgIpc) is 2.49. The van der Waals surface area contributed by atoms with Crippen molar-refractivity contribution in [2.45, 2.75) is 24.3 Å². The van der Waals surface area contributed by atoms with Crippen LogP contribution in [0, 0.1) is 0 Å². The van der Waals surface area contributed by atoms with Gasteiger partial charge in [0.25, 0.3) is 0 Å². The zero-order valence-corrected chi connectivity index (χ0v) is 15.1. The van der Waals surface area contributed by atoms with Gasteiger partial charge in [0.05, 0.1) is 18.1 Å². The Balaban J connectivity index is 2.37. The number of carbonyl (C=O) groups is 2. The van der Waals surface area contributed by atoms with Crippen molar-refractivity contribution in [3.63, 3.8) is 0 Å². The van der Waals surface area contributed by atoms with Crippen molar-refractivity contribution in [1.82, 2.24) is 9.62 Å². The minimum atomic E-state index is -4.08. The molecule has 1 N–H and O–H groups in total. The number of benzene rings is 1. The van der Waals surface area contributed by atoms with E-state index in [-0.39, 0.29) is 36.0 Å². The fourth-order valence-electron chi connectivity index (χ4n) is 2.36. The van der Waals surface area contributed by atoms with Crippen LogP contribution >= 0.6 is 23.2 Å². The van der Waals surface area contributed by atoms with Gasteiger partial charge in [0.1, 0.15) is 10.9 Å². The topological polar surface area (TPSA) is 92.8 Å². The molecular weight excluding hydrogens is 379 g/mol. The van der Waals surface area contributed by atoms with Crippen LogP contribution in [0.1, 0.15) is 13.3 Å². The number of carbonyl (C=O) groups excluding carboxylic acids is 2. The van der Waals surface area contributed by atoms with E-state index < -0.39 is 27.9 Å². The number of halogens is 2. The maximum atomic E-state index is 12.9. The largest absolute Gasteiger partial charge is 0.466 e. The lowest BCUT2D eigenvalue weighted by molar-refractivity contribution is -0.146. The fraction of sp³-hybridized carbons (Fsp3) is 0.429. The first kappa shape index (κ1) is 19.0. The number of sulfonamides is 1. The van der Waals surface area contributed by atoms with Crippen molar-refractivity contribution in [2.24, 2.45) is 0 Å². The van der Waals surface area contributed by atoms with Crippen LogP contribution in [0.25, 0.3) is 0 Å². The lowest BCUT2D eigenvalue weighted by Crippen LogP contribution is -2.57. The summed E-state index contributed by atoms with van der Waals surface area (Å²) in [5.74, 6) is -1.20. The van der Waals surface area contributed by atoms with Gasteiger partial charge >= 0.3 is 5.97 Å². The van der Waals surface area contributed by atoms with E-state index in [4.69, 9.17) is 27.9 Å². The van der Waals surface area contributed by atoms with Crippen LogP contribution in [0.5, 0.6) is 0 Å². The number of hydrogen-bond acceptors (Lipinski definition) is 5. The van der Waals surface area contributed by atoms with Gasteiger partial charge in [-0.1, -0.05) is 23.2 Å². The molecular formula is C14H16Cl2N2O5S. The number of esters is 1. The third-order valence-electron chi connectivity index (χ3n) is 3.43. The number of hydrogen-bond donors (Lipinski definition) is 1. The van der Waals surface area contributed by atoms with E-state index in [9.17, 15) is 18.0 Å². The van der Waals surface area contributed by atoms with Gasteiger partial charge in [-0.3, -0.25) is 9.59 Å². The third kappa shape index (κ3) is 4.00. The molecule has 0 spiro atoms. The summed E-state index contributed by atoms with van der Waals surface area (Å²) in [7, 11) is -4.08. The normalized spacial score (nSPS) is 19.0. The Morgan fingerprint density at radius 3 is 2.75 bits per heavy atom. The summed E-state index contributed by atoms with van der Waals surface area (Å²) in [5.41, 5.74) is 0. The minimum absolute atomic E-state index is 0.0249. The molecule has 0 unspecified atom stereocenters. The molecule has 24 heavy (non-hydrogen) atoms. The highest BCUT2D eigenvalue weighted by molar-refractivity contribution is 7.89. The predicted octanol–water partition coefficient (Wildman–Crippen LogP) is 1.44. The Hall–Kier alpha value is -1.35. The first-order chi connectivity index (χ1) is 11.3. The maximum absolute atomic E-state index is 12.9. The Bertz CT molecular complexity index is 754. The maximum Gasteiger partial charge on any atom is 0.307 e. The molecule has 1 amide bonds. The molecule has 0 radical (unpaired) electrons. The number of nitrogens with zero attached hydrogens (tertiary/aromatic N) is 1. The summed E-state index contributed by atoms with van der Waals surface area (Å²) in [4.78, 5) is 23.6. The molecule has 0 saturated carbocycles. The SMILES string of the molecule is CCOC(=O)C[C@@H]1C(=O)NCCN1S(=O)(=O)c1ccc(Cl)cc1Cl. The molecule has 0 bridgehead atoms. The first-order valence-corrected chi connectivity index (χ1v) is 9.37. The van der Waals surface area contributed by atoms with Crippen LogP contribution in [0.3, 0.4) is 0 Å². The lowest BCUT2D eigenvalue weighted by atomic mass is 10.1. The van der Waals surface area contributed by atoms with E-state index >= 15 is 0 Å². The summed E-state index contributed by atoms with van der Waals surface area (Å²) < 4.78 is 31.5. The molecule has 1 atom stereocenters. The minimum Gasteiger partial charge on any atom is -0.466 e. The number of rotatable bonds is 5. The van der Waals surface area contributed by atoms with E-state index in [1.807, 2.05) is 0 Å². The summed E-state index contributed by atoms with van der Waals surface area (Å²) in [5, 5.41) is 2.79. The summed E-state index contributed by atoms with van der Waals surface area (Å²) in [6, 6.07) is 2.79. The van der Waals surface area contributed by atoms with Crippen LogP contribution in [-0.2, 0) is 24.3 Å². The van der Waals surface area contributed by atoms with Gasteiger partial charge in [0.2, 0.25) is 15.9 Å². The zero-order valence-electron chi connectivity index (χ0n) is 12.8. The molecule has 0 aromatic heterocycles. The van der Waals surface area contributed by atoms with E-state index in [1.165, 1.54) is 18.2 Å². The number of nitrogens with one attached hydrogen (secondary N) is 1. The molecule has 0 aliphatic carbocycles. The molecule has 1 heterocycles. The molecule has 2 rings (SSSR count). The van der Waals surface area contributed by atoms with E-state index in [0.717, 1.165) is 4.31 Å². The zero-order chi connectivity index (χ0) is 17.9. The Morgan fingerprint density at radius 1 is 1.42 bits per heavy atom. The highest BCUT2D eigenvalue weighted by Gasteiger charge is 2.40. The Morgan fingerprint density at radius 2 is 2.12 bits per heavy atom. The molecule has 132 valence electrons. The van der Waals surface area contributed by atoms with Gasteiger partial charge in [-0.05, 0) is 25.1 Å². The smallest absolute Gasteiger partial charge is 0.307 e. The lowest BCUT2D eigenvalue weighted by Gasteiger charge is -2.33. The van der Waals surface area contributed by atoms with E-state index in [1.54, 1.807) is 6.92 Å². The molecule has 1 aromatic rings. The molecule has 10 heteroatoms. The number of piperazine rings is 1. The monoisotopic (exact) mass is 394 g/mol. The molecule has 7 nitrogen and oxygen atoms in total. The van der Waals surface area contributed by atoms with Crippen molar-refractivity contribution in [3.8, 4) is 0 Å². The van der Waals surface area contributed by atoms with Crippen molar-refractivity contribution in [3.05, 3.63) is 28.2 Å². The highest BCUT2D eigenvalue weighted by Crippen LogP contribution is 2.29. The molecule has 1 aliphatic rings. The van der Waals surface area contributed by atoms with Gasteiger partial charge in [-0.25, -0.2) is 8.42 Å². The van der Waals surface area contributed by atoms with Crippen molar-refractivity contribution < 1.29 is 22.7 Å². The molecule has 1 aromatic carbocycles. The van der Waals surface area contributed by atoms with Crippen molar-refractivity contribution >= 4 is 45.1 Å². The summed E-state index contributed by atoms with van der Waals surface area (Å²) >= 11 is 11.8. The second kappa shape index (κ2) is 7.69.